The second-order valence-corrected chi connectivity index (χ2v) is 25.0. The molecule has 31 atom stereocenters. The smallest absolute Gasteiger partial charge is 0.314 e. The normalized spacial score (nSPS) is 54.3. The maximum Gasteiger partial charge on any atom is 0.314 e. The van der Waals surface area contributed by atoms with Gasteiger partial charge in [0.2, 0.25) is 0 Å². The summed E-state index contributed by atoms with van der Waals surface area (Å²) in [6.07, 6.45) is -32.1. The molecule has 3 saturated carbocycles. The summed E-state index contributed by atoms with van der Waals surface area (Å²) in [6.45, 7) is 14.3. The number of methoxy groups -OCH3 is 1. The fourth-order valence-corrected chi connectivity index (χ4v) is 16.2. The van der Waals surface area contributed by atoms with Crippen molar-refractivity contribution in [1.29, 1.82) is 0 Å². The van der Waals surface area contributed by atoms with Crippen LogP contribution >= 0.6 is 0 Å². The Bertz CT molecular complexity index is 2220. The van der Waals surface area contributed by atoms with Crippen LogP contribution < -0.4 is 0 Å². The maximum atomic E-state index is 13.8. The molecule has 0 aromatic rings. The van der Waals surface area contributed by atoms with Crippen LogP contribution in [0.15, 0.2) is 23.8 Å². The van der Waals surface area contributed by atoms with E-state index in [-0.39, 0.29) is 53.9 Å². The molecule has 6 saturated heterocycles. The number of esters is 1. The molecule has 0 aromatic heterocycles. The van der Waals surface area contributed by atoms with E-state index >= 15 is 0 Å². The first-order chi connectivity index (χ1) is 37.3. The summed E-state index contributed by atoms with van der Waals surface area (Å²) in [7, 11) is 1.24. The zero-order chi connectivity index (χ0) is 57.2. The number of carbonyl (C=O) groups excluding carboxylic acids is 1. The predicted molar refractivity (Wildman–Crippen MR) is 264 cm³/mol. The second kappa shape index (κ2) is 22.5. The lowest BCUT2D eigenvalue weighted by Crippen LogP contribution is -2.68. The minimum absolute atomic E-state index is 0.0365. The van der Waals surface area contributed by atoms with E-state index < -0.39 is 171 Å². The molecule has 0 radical (unpaired) electrons. The van der Waals surface area contributed by atoms with E-state index in [1.807, 2.05) is 6.92 Å². The highest BCUT2D eigenvalue weighted by molar-refractivity contribution is 5.84. The minimum Gasteiger partial charge on any atom is -0.461 e. The molecule has 25 heteroatoms. The topological polar surface area (TPSA) is 371 Å². The van der Waals surface area contributed by atoms with Crippen LogP contribution in [0.2, 0.25) is 0 Å². The molecule has 2 bridgehead atoms. The predicted octanol–water partition coefficient (Wildman–Crippen LogP) is -2.88. The van der Waals surface area contributed by atoms with E-state index in [0.717, 1.165) is 24.8 Å². The number of aliphatic hydroxyl groups is 12. The van der Waals surface area contributed by atoms with Crippen molar-refractivity contribution in [2.75, 3.05) is 33.5 Å². The summed E-state index contributed by atoms with van der Waals surface area (Å²) in [5.41, 5.74) is 0.565. The van der Waals surface area contributed by atoms with Gasteiger partial charge in [-0.15, -0.1) is 0 Å². The Balaban J connectivity index is 0.894. The molecule has 12 N–H and O–H groups in total. The van der Waals surface area contributed by atoms with Gasteiger partial charge in [0.25, 0.3) is 0 Å². The molecule has 4 aliphatic carbocycles. The van der Waals surface area contributed by atoms with E-state index in [4.69, 9.17) is 56.8 Å². The number of fused-ring (bicyclic) bond motifs is 5. The first kappa shape index (κ1) is 60.2. The van der Waals surface area contributed by atoms with Crippen LogP contribution in [0.3, 0.4) is 0 Å². The summed E-state index contributed by atoms with van der Waals surface area (Å²) in [5, 5.41) is 132. The SMILES string of the molecule is C=C(C)[C@H]1[C@@H]2C[C@@]3(C)C4=CC[C@H]5C(C)(C)[C@@H](O[C@@H]6OC[C@@H](O)[C@H](O)[C@H]6O[C@@H]6O[C@H](C)[C@@H](O[C@@H]7O[C@H](CO)[C@@H](O)[C@H](O[C@@H]8OC[C@@H](O)[C@H](OC)[C@H]8O)[C@H]7O)[C@H](O)[C@H]6O[C@@H]6O[C@H](CO)[C@@H](O)[C@H](O)[C@H]6O)CC[C@]5(C)[C@H]4CC[C@]13C(=O)O2. The van der Waals surface area contributed by atoms with Crippen molar-refractivity contribution in [1.82, 2.24) is 0 Å². The van der Waals surface area contributed by atoms with Gasteiger partial charge in [-0.05, 0) is 75.0 Å². The molecular formula is C54H84O25. The van der Waals surface area contributed by atoms with E-state index in [1.54, 1.807) is 0 Å². The number of allylic oxidation sites excluding steroid dienone is 2. The number of rotatable bonds is 14. The van der Waals surface area contributed by atoms with Crippen molar-refractivity contribution < 1.29 is 123 Å². The molecule has 10 rings (SSSR count). The number of aliphatic hydroxyl groups excluding tert-OH is 12. The molecule has 10 aliphatic rings. The molecule has 0 amide bonds. The fourth-order valence-electron chi connectivity index (χ4n) is 16.2. The van der Waals surface area contributed by atoms with Gasteiger partial charge in [0, 0.05) is 18.4 Å². The maximum absolute atomic E-state index is 13.8. The summed E-state index contributed by atoms with van der Waals surface area (Å²) >= 11 is 0. The van der Waals surface area contributed by atoms with Crippen molar-refractivity contribution in [3.63, 3.8) is 0 Å². The third kappa shape index (κ3) is 9.72. The third-order valence-corrected chi connectivity index (χ3v) is 20.3. The van der Waals surface area contributed by atoms with Crippen LogP contribution in [-0.4, -0.2) is 254 Å². The van der Waals surface area contributed by atoms with Gasteiger partial charge in [-0.25, -0.2) is 0 Å². The molecule has 450 valence electrons. The van der Waals surface area contributed by atoms with E-state index in [9.17, 15) is 66.1 Å². The van der Waals surface area contributed by atoms with Crippen molar-refractivity contribution in [3.05, 3.63) is 23.8 Å². The highest BCUT2D eigenvalue weighted by atomic mass is 16.8. The molecule has 1 spiro atoms. The summed E-state index contributed by atoms with van der Waals surface area (Å²) in [6, 6.07) is 0. The second-order valence-electron chi connectivity index (χ2n) is 25.0. The summed E-state index contributed by atoms with van der Waals surface area (Å²) in [5.74, 6) is 0.129. The van der Waals surface area contributed by atoms with Gasteiger partial charge < -0.3 is 118 Å². The highest BCUT2D eigenvalue weighted by Gasteiger charge is 2.76. The van der Waals surface area contributed by atoms with Crippen LogP contribution in [0.1, 0.15) is 80.1 Å². The van der Waals surface area contributed by atoms with Crippen molar-refractivity contribution in [2.45, 2.75) is 234 Å². The number of carbonyl (C=O) groups is 1. The summed E-state index contributed by atoms with van der Waals surface area (Å²) in [4.78, 5) is 13.8. The lowest BCUT2D eigenvalue weighted by molar-refractivity contribution is -0.405. The van der Waals surface area contributed by atoms with Crippen LogP contribution in [0.4, 0.5) is 0 Å². The Morgan fingerprint density at radius 3 is 1.91 bits per heavy atom. The average molecular weight is 1130 g/mol. The standard InChI is InChI=1S/C54H84O25/c1-20(2)31-26-15-53(7)23-9-10-29-51(4,5)30(12-13-52(29,6)22(23)11-14-54(31,53)50(67)74-26)75-48-43(32(59)24(57)18-70-48)79-49-44(78-46-36(63)35(62)33(60)27(16-55)72-46)37(64)40(21(3)71-49)76-47-39(66)42(34(61)28(17-56)73-47)77-45-38(65)41(68-8)25(58)19-69-45/h9,21-22,24-49,55-66H,1,10-19H2,2-8H3/t21-,22+,24-,25-,26+,27-,28-,29+,30+,31+,32+,33-,34-,35+,36-,37+,38-,39-,40-,41+,42+,43-,44-,45+,46+,47+,48+,49+,52-,53+,54-/m1/s1. The molecule has 0 unspecified atom stereocenters. The van der Waals surface area contributed by atoms with Gasteiger partial charge in [-0.3, -0.25) is 4.79 Å². The van der Waals surface area contributed by atoms with Crippen LogP contribution in [-0.2, 0) is 61.6 Å². The fraction of sp³-hybridized carbons (Fsp3) is 0.907. The zero-order valence-corrected chi connectivity index (χ0v) is 45.7. The molecule has 6 aliphatic heterocycles. The average Bonchev–Trinajstić information content (AvgIpc) is 4.00. The Hall–Kier alpha value is -1.97. The Labute approximate surface area is 458 Å². The highest BCUT2D eigenvalue weighted by Crippen LogP contribution is 2.76. The molecular weight excluding hydrogens is 1050 g/mol. The van der Waals surface area contributed by atoms with E-state index in [0.29, 0.717) is 19.3 Å². The van der Waals surface area contributed by atoms with Gasteiger partial charge in [-0.2, -0.15) is 0 Å². The summed E-state index contributed by atoms with van der Waals surface area (Å²) < 4.78 is 72.2. The number of hydrogen-bond acceptors (Lipinski definition) is 25. The van der Waals surface area contributed by atoms with Crippen LogP contribution in [0.25, 0.3) is 0 Å². The van der Waals surface area contributed by atoms with Gasteiger partial charge in [0.15, 0.2) is 31.5 Å². The lowest BCUT2D eigenvalue weighted by Gasteiger charge is -2.64. The van der Waals surface area contributed by atoms with Crippen molar-refractivity contribution in [3.8, 4) is 0 Å². The zero-order valence-electron chi connectivity index (χ0n) is 45.7. The monoisotopic (exact) mass is 1130 g/mol. The van der Waals surface area contributed by atoms with Crippen molar-refractivity contribution >= 4 is 5.97 Å². The Kier molecular flexibility index (Phi) is 17.1. The molecule has 0 aromatic carbocycles. The van der Waals surface area contributed by atoms with Crippen LogP contribution in [0, 0.1) is 39.4 Å². The Morgan fingerprint density at radius 1 is 0.646 bits per heavy atom. The van der Waals surface area contributed by atoms with Gasteiger partial charge >= 0.3 is 5.97 Å². The molecule has 79 heavy (non-hydrogen) atoms. The quantitative estimate of drug-likeness (QED) is 0.0614. The molecule has 25 nitrogen and oxygen atoms in total. The van der Waals surface area contributed by atoms with E-state index in [2.05, 4.69) is 40.3 Å². The largest absolute Gasteiger partial charge is 0.461 e. The van der Waals surface area contributed by atoms with Crippen LogP contribution in [0.5, 0.6) is 0 Å². The molecule has 6 heterocycles. The third-order valence-electron chi connectivity index (χ3n) is 20.3. The minimum atomic E-state index is -2.00. The van der Waals surface area contributed by atoms with Gasteiger partial charge in [-0.1, -0.05) is 51.5 Å². The van der Waals surface area contributed by atoms with Gasteiger partial charge in [0.1, 0.15) is 110 Å². The van der Waals surface area contributed by atoms with Crippen molar-refractivity contribution in [2.24, 2.45) is 39.4 Å². The molecule has 9 fully saturated rings. The number of ether oxygens (including phenoxy) is 12. The Morgan fingerprint density at radius 2 is 1.24 bits per heavy atom. The van der Waals surface area contributed by atoms with E-state index in [1.165, 1.54) is 19.6 Å². The lowest BCUT2D eigenvalue weighted by atomic mass is 9.40. The van der Waals surface area contributed by atoms with Gasteiger partial charge in [0.05, 0.1) is 44.1 Å². The first-order valence-corrected chi connectivity index (χ1v) is 27.9. The number of hydrogen-bond donors (Lipinski definition) is 12. The first-order valence-electron chi connectivity index (χ1n) is 27.9.